The summed E-state index contributed by atoms with van der Waals surface area (Å²) in [5.41, 5.74) is 4.44. The molecule has 0 atom stereocenters. The predicted molar refractivity (Wildman–Crippen MR) is 51.2 cm³/mol. The molecule has 0 amide bonds. The molecule has 1 N–H and O–H groups in total. The lowest BCUT2D eigenvalue weighted by Gasteiger charge is -2.06. The third-order valence-electron chi connectivity index (χ3n) is 3.08. The molecule has 2 heteroatoms. The fraction of sp³-hybridized carbons (Fsp3) is 0.900. The first kappa shape index (κ1) is 8.09. The normalized spacial score (nSPS) is 24.2. The maximum Gasteiger partial charge on any atom is 0.0396 e. The average molecular weight is 166 g/mol. The van der Waals surface area contributed by atoms with Crippen LogP contribution < -0.4 is 5.43 Å². The molecule has 2 nitrogen and oxygen atoms in total. The topological polar surface area (TPSA) is 24.4 Å². The highest BCUT2D eigenvalue weighted by Crippen LogP contribution is 2.28. The monoisotopic (exact) mass is 166 g/mol. The van der Waals surface area contributed by atoms with Gasteiger partial charge in [-0.15, -0.1) is 0 Å². The van der Waals surface area contributed by atoms with Crippen LogP contribution in [0.4, 0.5) is 0 Å². The Morgan fingerprint density at radius 1 is 1.33 bits per heavy atom. The lowest BCUT2D eigenvalue weighted by molar-refractivity contribution is 0.514. The predicted octanol–water partition coefficient (Wildman–Crippen LogP) is 2.31. The van der Waals surface area contributed by atoms with Gasteiger partial charge in [0.15, 0.2) is 0 Å². The molecule has 2 aliphatic rings. The van der Waals surface area contributed by atoms with Gasteiger partial charge in [0.25, 0.3) is 0 Å². The van der Waals surface area contributed by atoms with Crippen LogP contribution in [0.1, 0.15) is 44.9 Å². The van der Waals surface area contributed by atoms with Crippen molar-refractivity contribution in [3.63, 3.8) is 0 Å². The second kappa shape index (κ2) is 3.92. The highest BCUT2D eigenvalue weighted by Gasteiger charge is 2.16. The molecule has 0 aromatic carbocycles. The van der Waals surface area contributed by atoms with Crippen molar-refractivity contribution in [2.45, 2.75) is 44.9 Å². The molecule has 1 fully saturated rings. The summed E-state index contributed by atoms with van der Waals surface area (Å²) >= 11 is 0. The minimum atomic E-state index is 1.02. The summed E-state index contributed by atoms with van der Waals surface area (Å²) in [6.45, 7) is 1.07. The molecule has 0 bridgehead atoms. The molecule has 1 aliphatic carbocycles. The molecule has 0 radical (unpaired) electrons. The van der Waals surface area contributed by atoms with Gasteiger partial charge in [-0.2, -0.15) is 5.10 Å². The summed E-state index contributed by atoms with van der Waals surface area (Å²) in [5, 5.41) is 4.26. The van der Waals surface area contributed by atoms with Gasteiger partial charge in [0.05, 0.1) is 0 Å². The van der Waals surface area contributed by atoms with E-state index < -0.39 is 0 Å². The standard InChI is InChI=1S/C10H18N2/c1-2-4-9(3-1)5-6-10-7-8-11-12-10/h9,11H,1-8H2. The minimum absolute atomic E-state index is 1.02. The molecule has 1 heterocycles. The van der Waals surface area contributed by atoms with Crippen molar-refractivity contribution >= 4 is 5.71 Å². The third kappa shape index (κ3) is 1.99. The Kier molecular flexibility index (Phi) is 2.64. The first-order valence-corrected chi connectivity index (χ1v) is 5.23. The van der Waals surface area contributed by atoms with Crippen LogP contribution in [0.25, 0.3) is 0 Å². The van der Waals surface area contributed by atoms with Crippen LogP contribution >= 0.6 is 0 Å². The summed E-state index contributed by atoms with van der Waals surface area (Å²) in [4.78, 5) is 0. The molecule has 1 aliphatic heterocycles. The van der Waals surface area contributed by atoms with Gasteiger partial charge in [-0.25, -0.2) is 0 Å². The Balaban J connectivity index is 1.67. The van der Waals surface area contributed by atoms with E-state index in [1.807, 2.05) is 0 Å². The number of rotatable bonds is 3. The molecule has 0 saturated heterocycles. The first-order chi connectivity index (χ1) is 5.95. The van der Waals surface area contributed by atoms with Gasteiger partial charge < -0.3 is 5.43 Å². The van der Waals surface area contributed by atoms with Crippen LogP contribution in [-0.4, -0.2) is 12.3 Å². The van der Waals surface area contributed by atoms with E-state index in [-0.39, 0.29) is 0 Å². The number of hydrogen-bond acceptors (Lipinski definition) is 2. The fourth-order valence-corrected chi connectivity index (χ4v) is 2.27. The maximum absolute atomic E-state index is 4.26. The van der Waals surface area contributed by atoms with Crippen LogP contribution in [0.3, 0.4) is 0 Å². The number of hydrogen-bond donors (Lipinski definition) is 1. The van der Waals surface area contributed by atoms with Crippen LogP contribution in [0.5, 0.6) is 0 Å². The lowest BCUT2D eigenvalue weighted by Crippen LogP contribution is -2.00. The molecular formula is C10H18N2. The third-order valence-corrected chi connectivity index (χ3v) is 3.08. The molecule has 0 aromatic rings. The van der Waals surface area contributed by atoms with Gasteiger partial charge in [-0.05, 0) is 18.8 Å². The second-order valence-corrected chi connectivity index (χ2v) is 4.03. The summed E-state index contributed by atoms with van der Waals surface area (Å²) in [5.74, 6) is 1.02. The van der Waals surface area contributed by atoms with Gasteiger partial charge in [-0.1, -0.05) is 25.7 Å². The van der Waals surface area contributed by atoms with E-state index in [0.717, 1.165) is 12.5 Å². The van der Waals surface area contributed by atoms with E-state index in [9.17, 15) is 0 Å². The van der Waals surface area contributed by atoms with Crippen LogP contribution in [0.15, 0.2) is 5.10 Å². The minimum Gasteiger partial charge on any atom is -0.310 e. The van der Waals surface area contributed by atoms with Crippen LogP contribution in [-0.2, 0) is 0 Å². The first-order valence-electron chi connectivity index (χ1n) is 5.23. The van der Waals surface area contributed by atoms with Crippen LogP contribution in [0.2, 0.25) is 0 Å². The van der Waals surface area contributed by atoms with E-state index >= 15 is 0 Å². The molecule has 0 unspecified atom stereocenters. The van der Waals surface area contributed by atoms with Crippen molar-refractivity contribution in [1.29, 1.82) is 0 Å². The maximum atomic E-state index is 4.26. The van der Waals surface area contributed by atoms with E-state index in [0.29, 0.717) is 0 Å². The summed E-state index contributed by atoms with van der Waals surface area (Å²) in [6, 6.07) is 0. The van der Waals surface area contributed by atoms with Crippen molar-refractivity contribution in [2.24, 2.45) is 11.0 Å². The summed E-state index contributed by atoms with van der Waals surface area (Å²) in [6.07, 6.45) is 9.71. The Morgan fingerprint density at radius 2 is 2.17 bits per heavy atom. The number of nitrogens with one attached hydrogen (secondary N) is 1. The molecule has 0 spiro atoms. The van der Waals surface area contributed by atoms with Gasteiger partial charge >= 0.3 is 0 Å². The second-order valence-electron chi connectivity index (χ2n) is 4.03. The summed E-state index contributed by atoms with van der Waals surface area (Å²) < 4.78 is 0. The molecule has 0 aromatic heterocycles. The van der Waals surface area contributed by atoms with Gasteiger partial charge in [0.1, 0.15) is 0 Å². The van der Waals surface area contributed by atoms with E-state index in [1.54, 1.807) is 0 Å². The highest BCUT2D eigenvalue weighted by atomic mass is 15.3. The van der Waals surface area contributed by atoms with Gasteiger partial charge in [0.2, 0.25) is 0 Å². The smallest absolute Gasteiger partial charge is 0.0396 e. The van der Waals surface area contributed by atoms with Crippen LogP contribution in [0, 0.1) is 5.92 Å². The quantitative estimate of drug-likeness (QED) is 0.683. The van der Waals surface area contributed by atoms with Gasteiger partial charge in [0, 0.05) is 18.7 Å². The van der Waals surface area contributed by atoms with Crippen molar-refractivity contribution in [3.05, 3.63) is 0 Å². The SMILES string of the molecule is C1CCC(CCC2=NNCC2)C1. The Morgan fingerprint density at radius 3 is 2.83 bits per heavy atom. The molecule has 1 saturated carbocycles. The zero-order chi connectivity index (χ0) is 8.23. The van der Waals surface area contributed by atoms with Crippen molar-refractivity contribution < 1.29 is 0 Å². The number of hydrazone groups is 1. The Labute approximate surface area is 74.4 Å². The highest BCUT2D eigenvalue weighted by molar-refractivity contribution is 5.85. The Hall–Kier alpha value is -0.530. The van der Waals surface area contributed by atoms with Gasteiger partial charge in [-0.3, -0.25) is 0 Å². The number of nitrogens with zero attached hydrogens (tertiary/aromatic N) is 1. The molecular weight excluding hydrogens is 148 g/mol. The lowest BCUT2D eigenvalue weighted by atomic mass is 9.99. The van der Waals surface area contributed by atoms with Crippen molar-refractivity contribution in [2.75, 3.05) is 6.54 Å². The molecule has 2 rings (SSSR count). The summed E-state index contributed by atoms with van der Waals surface area (Å²) in [7, 11) is 0. The zero-order valence-electron chi connectivity index (χ0n) is 7.68. The van der Waals surface area contributed by atoms with Crippen molar-refractivity contribution in [3.8, 4) is 0 Å². The van der Waals surface area contributed by atoms with Crippen molar-refractivity contribution in [1.82, 2.24) is 5.43 Å². The van der Waals surface area contributed by atoms with E-state index in [4.69, 9.17) is 0 Å². The Bertz CT molecular complexity index is 169. The fourth-order valence-electron chi connectivity index (χ4n) is 2.27. The molecule has 12 heavy (non-hydrogen) atoms. The average Bonchev–Trinajstić information content (AvgIpc) is 2.74. The zero-order valence-corrected chi connectivity index (χ0v) is 7.68. The molecule has 68 valence electrons. The van der Waals surface area contributed by atoms with E-state index in [2.05, 4.69) is 10.5 Å². The largest absolute Gasteiger partial charge is 0.310 e. The van der Waals surface area contributed by atoms with E-state index in [1.165, 1.54) is 50.7 Å².